The van der Waals surface area contributed by atoms with Gasteiger partial charge in [0.05, 0.1) is 30.1 Å². The number of thiazole rings is 1. The Morgan fingerprint density at radius 1 is 1.39 bits per heavy atom. The molecule has 10 nitrogen and oxygen atoms in total. The van der Waals surface area contributed by atoms with Crippen molar-refractivity contribution in [2.75, 3.05) is 18.4 Å². The number of amides is 2. The molecule has 3 aromatic rings. The van der Waals surface area contributed by atoms with Crippen LogP contribution in [0.15, 0.2) is 41.3 Å². The van der Waals surface area contributed by atoms with Crippen molar-refractivity contribution in [3.63, 3.8) is 0 Å². The summed E-state index contributed by atoms with van der Waals surface area (Å²) >= 11 is 1.14. The molecule has 2 amide bonds. The Hall–Kier alpha value is -3.73. The van der Waals surface area contributed by atoms with E-state index in [1.54, 1.807) is 19.3 Å². The third-order valence-electron chi connectivity index (χ3n) is 5.62. The number of H-pyrrole nitrogens is 1. The molecule has 1 unspecified atom stereocenters. The predicted octanol–water partition coefficient (Wildman–Crippen LogP) is 2.68. The monoisotopic (exact) mass is 466 g/mol. The van der Waals surface area contributed by atoms with Crippen molar-refractivity contribution >= 4 is 50.7 Å². The molecular weight excluding hydrogens is 440 g/mol. The van der Waals surface area contributed by atoms with Gasteiger partial charge in [0.25, 0.3) is 5.91 Å². The molecule has 1 fully saturated rings. The van der Waals surface area contributed by atoms with E-state index in [-0.39, 0.29) is 24.2 Å². The number of rotatable bonds is 7. The van der Waals surface area contributed by atoms with Gasteiger partial charge in [-0.25, -0.2) is 9.98 Å². The molecule has 4 rings (SSSR count). The Morgan fingerprint density at radius 2 is 2.21 bits per heavy atom. The molecule has 33 heavy (non-hydrogen) atoms. The normalized spacial score (nSPS) is 16.6. The number of fused-ring (bicyclic) bond motifs is 1. The van der Waals surface area contributed by atoms with Crippen molar-refractivity contribution in [3.05, 3.63) is 46.7 Å². The highest BCUT2D eigenvalue weighted by atomic mass is 32.1. The summed E-state index contributed by atoms with van der Waals surface area (Å²) in [4.78, 5) is 35.6. The van der Waals surface area contributed by atoms with Crippen LogP contribution in [0, 0.1) is 6.92 Å². The second-order valence-electron chi connectivity index (χ2n) is 7.98. The molecule has 1 aliphatic heterocycles. The second-order valence-corrected chi connectivity index (χ2v) is 8.99. The predicted molar refractivity (Wildman–Crippen MR) is 130 cm³/mol. The maximum Gasteiger partial charge on any atom is 0.267 e. The molecule has 3 heterocycles. The minimum absolute atomic E-state index is 0.0604. The highest BCUT2D eigenvalue weighted by molar-refractivity contribution is 7.17. The van der Waals surface area contributed by atoms with Gasteiger partial charge in [-0.15, -0.1) is 0 Å². The highest BCUT2D eigenvalue weighted by Gasteiger charge is 2.27. The summed E-state index contributed by atoms with van der Waals surface area (Å²) in [5.41, 5.74) is 9.21. The standard InChI is InChI=1S/C22H26N8O2S/c1-12-4-5-16-15(9-26-29-16)19(12)27-21(32)17-10-25-22(33-17)28-20(23)13(2)8-24-11-18(31)30-7-6-14(30)3/h4-5,8-10,14,24H,6-7,11H2,1-3H3,(H,26,29)(H,27,32)(H2,23,25,28)/b13-8-. The van der Waals surface area contributed by atoms with Crippen LogP contribution in [0.1, 0.15) is 35.5 Å². The van der Waals surface area contributed by atoms with Gasteiger partial charge in [0.15, 0.2) is 0 Å². The fourth-order valence-corrected chi connectivity index (χ4v) is 4.13. The molecule has 1 aliphatic rings. The fraction of sp³-hybridized carbons (Fsp3) is 0.318. The third kappa shape index (κ3) is 4.87. The number of carbonyl (C=O) groups excluding carboxylic acids is 2. The number of aliphatic imine (C=N–C) groups is 1. The van der Waals surface area contributed by atoms with Crippen molar-refractivity contribution in [2.45, 2.75) is 33.2 Å². The van der Waals surface area contributed by atoms with E-state index in [1.807, 2.05) is 30.9 Å². The molecule has 0 aliphatic carbocycles. The maximum atomic E-state index is 12.8. The lowest BCUT2D eigenvalue weighted by Crippen LogP contribution is -2.51. The van der Waals surface area contributed by atoms with Crippen molar-refractivity contribution in [2.24, 2.45) is 10.7 Å². The van der Waals surface area contributed by atoms with Gasteiger partial charge in [0, 0.05) is 29.7 Å². The molecule has 0 bridgehead atoms. The van der Waals surface area contributed by atoms with Crippen LogP contribution in [0.4, 0.5) is 10.8 Å². The van der Waals surface area contributed by atoms with E-state index in [0.717, 1.165) is 40.8 Å². The van der Waals surface area contributed by atoms with Gasteiger partial charge >= 0.3 is 0 Å². The Labute approximate surface area is 195 Å². The first-order chi connectivity index (χ1) is 15.8. The van der Waals surface area contributed by atoms with Crippen LogP contribution in [-0.2, 0) is 4.79 Å². The number of aryl methyl sites for hydroxylation is 1. The molecular formula is C22H26N8O2S. The number of amidine groups is 1. The lowest BCUT2D eigenvalue weighted by atomic mass is 10.1. The topological polar surface area (TPSA) is 141 Å². The quantitative estimate of drug-likeness (QED) is 0.312. The number of anilines is 1. The zero-order valence-corrected chi connectivity index (χ0v) is 19.5. The van der Waals surface area contributed by atoms with E-state index in [9.17, 15) is 9.59 Å². The van der Waals surface area contributed by atoms with E-state index in [1.165, 1.54) is 6.20 Å². The van der Waals surface area contributed by atoms with Gasteiger partial charge in [-0.1, -0.05) is 17.4 Å². The summed E-state index contributed by atoms with van der Waals surface area (Å²) in [5.74, 6) is 0.0369. The molecule has 172 valence electrons. The number of carbonyl (C=O) groups is 2. The maximum absolute atomic E-state index is 12.8. The van der Waals surface area contributed by atoms with Crippen LogP contribution in [0.25, 0.3) is 10.9 Å². The van der Waals surface area contributed by atoms with Crippen LogP contribution in [0.2, 0.25) is 0 Å². The van der Waals surface area contributed by atoms with Crippen LogP contribution in [-0.4, -0.2) is 56.9 Å². The first-order valence-corrected chi connectivity index (χ1v) is 11.4. The van der Waals surface area contributed by atoms with Gasteiger partial charge in [0.2, 0.25) is 11.0 Å². The third-order valence-corrected chi connectivity index (χ3v) is 6.51. The van der Waals surface area contributed by atoms with Gasteiger partial charge in [0.1, 0.15) is 10.7 Å². The number of nitrogens with two attached hydrogens (primary N) is 1. The van der Waals surface area contributed by atoms with Crippen LogP contribution < -0.4 is 16.4 Å². The molecule has 5 N–H and O–H groups in total. The minimum atomic E-state index is -0.281. The lowest BCUT2D eigenvalue weighted by Gasteiger charge is -2.38. The van der Waals surface area contributed by atoms with E-state index in [4.69, 9.17) is 5.73 Å². The number of likely N-dealkylation sites (tertiary alicyclic amines) is 1. The number of benzene rings is 1. The number of nitrogens with one attached hydrogen (secondary N) is 3. The zero-order valence-electron chi connectivity index (χ0n) is 18.7. The number of nitrogens with zero attached hydrogens (tertiary/aromatic N) is 4. The van der Waals surface area contributed by atoms with E-state index in [2.05, 4.69) is 30.8 Å². The Kier molecular flexibility index (Phi) is 6.40. The Bertz CT molecular complexity index is 1260. The molecule has 0 radical (unpaired) electrons. The smallest absolute Gasteiger partial charge is 0.267 e. The average Bonchev–Trinajstić information content (AvgIpc) is 3.44. The van der Waals surface area contributed by atoms with Crippen molar-refractivity contribution in [3.8, 4) is 0 Å². The molecule has 0 saturated carbocycles. The summed E-state index contributed by atoms with van der Waals surface area (Å²) < 4.78 is 0. The summed E-state index contributed by atoms with van der Waals surface area (Å²) in [6, 6.07) is 4.14. The Balaban J connectivity index is 1.38. The first kappa shape index (κ1) is 22.5. The van der Waals surface area contributed by atoms with Crippen molar-refractivity contribution in [1.29, 1.82) is 0 Å². The largest absolute Gasteiger partial charge is 0.383 e. The minimum Gasteiger partial charge on any atom is -0.383 e. The molecule has 11 heteroatoms. The van der Waals surface area contributed by atoms with E-state index >= 15 is 0 Å². The Morgan fingerprint density at radius 3 is 2.94 bits per heavy atom. The van der Waals surface area contributed by atoms with Crippen LogP contribution in [0.5, 0.6) is 0 Å². The summed E-state index contributed by atoms with van der Waals surface area (Å²) in [6.45, 7) is 6.77. The summed E-state index contributed by atoms with van der Waals surface area (Å²) in [5, 5.41) is 14.1. The fourth-order valence-electron chi connectivity index (χ4n) is 3.43. The van der Waals surface area contributed by atoms with E-state index in [0.29, 0.717) is 27.3 Å². The lowest BCUT2D eigenvalue weighted by molar-refractivity contribution is -0.136. The number of aromatic amines is 1. The average molecular weight is 467 g/mol. The van der Waals surface area contributed by atoms with Gasteiger partial charge in [-0.3, -0.25) is 14.7 Å². The van der Waals surface area contributed by atoms with Crippen molar-refractivity contribution in [1.82, 2.24) is 25.4 Å². The highest BCUT2D eigenvalue weighted by Crippen LogP contribution is 2.28. The summed E-state index contributed by atoms with van der Waals surface area (Å²) in [7, 11) is 0. The molecule has 1 saturated heterocycles. The van der Waals surface area contributed by atoms with Crippen LogP contribution in [0.3, 0.4) is 0 Å². The van der Waals surface area contributed by atoms with Crippen LogP contribution >= 0.6 is 11.3 Å². The molecule has 2 aromatic heterocycles. The number of hydrogen-bond acceptors (Lipinski definition) is 7. The van der Waals surface area contributed by atoms with Gasteiger partial charge < -0.3 is 21.3 Å². The van der Waals surface area contributed by atoms with Gasteiger partial charge in [-0.05, 0) is 38.8 Å². The second kappa shape index (κ2) is 9.41. The SMILES string of the molecule is CC(=C/NCC(=O)N1CCC1C)/C(N)=N\c1ncc(C(=O)Nc2c(C)ccc3[nH]ncc23)s1. The zero-order chi connectivity index (χ0) is 23.5. The first-order valence-electron chi connectivity index (χ1n) is 10.6. The molecule has 1 atom stereocenters. The van der Waals surface area contributed by atoms with E-state index < -0.39 is 0 Å². The molecule has 1 aromatic carbocycles. The summed E-state index contributed by atoms with van der Waals surface area (Å²) in [6.07, 6.45) is 5.87. The number of aromatic nitrogens is 3. The van der Waals surface area contributed by atoms with Gasteiger partial charge in [-0.2, -0.15) is 5.10 Å². The number of hydrogen-bond donors (Lipinski definition) is 4. The molecule has 0 spiro atoms. The van der Waals surface area contributed by atoms with Crippen molar-refractivity contribution < 1.29 is 9.59 Å².